The average molecular weight is 415 g/mol. The quantitative estimate of drug-likeness (QED) is 0.540. The van der Waals surface area contributed by atoms with Crippen LogP contribution in [0.15, 0.2) is 29.2 Å². The normalized spacial score (nSPS) is 17.3. The highest BCUT2D eigenvalue weighted by atomic mass is 32.2. The van der Waals surface area contributed by atoms with Crippen molar-refractivity contribution in [2.45, 2.75) is 29.9 Å². The number of piperidine rings is 1. The van der Waals surface area contributed by atoms with Crippen molar-refractivity contribution in [3.63, 3.8) is 0 Å². The van der Waals surface area contributed by atoms with E-state index in [9.17, 15) is 18.0 Å². The third kappa shape index (κ3) is 6.22. The maximum absolute atomic E-state index is 12.6. The van der Waals surface area contributed by atoms with Gasteiger partial charge in [-0.3, -0.25) is 9.59 Å². The zero-order chi connectivity index (χ0) is 20.0. The Morgan fingerprint density at radius 1 is 1.30 bits per heavy atom. The SMILES string of the molecule is COC(=O)C(C)Sc1ccccc1C(=O)NCC1CCN(S(C)(=O)=O)CC1. The van der Waals surface area contributed by atoms with Crippen molar-refractivity contribution in [3.05, 3.63) is 29.8 Å². The second-order valence-electron chi connectivity index (χ2n) is 6.59. The molecule has 1 aliphatic heterocycles. The van der Waals surface area contributed by atoms with E-state index < -0.39 is 15.3 Å². The smallest absolute Gasteiger partial charge is 0.318 e. The van der Waals surface area contributed by atoms with Crippen LogP contribution in [0.2, 0.25) is 0 Å². The van der Waals surface area contributed by atoms with Gasteiger partial charge in [0.2, 0.25) is 10.0 Å². The number of rotatable bonds is 7. The molecule has 9 heteroatoms. The Balaban J connectivity index is 1.92. The van der Waals surface area contributed by atoms with Gasteiger partial charge in [0.05, 0.1) is 18.9 Å². The Hall–Kier alpha value is -1.58. The molecule has 0 radical (unpaired) electrons. The van der Waals surface area contributed by atoms with Crippen molar-refractivity contribution in [1.82, 2.24) is 9.62 Å². The molecule has 1 saturated heterocycles. The number of hydrogen-bond acceptors (Lipinski definition) is 6. The minimum absolute atomic E-state index is 0.194. The van der Waals surface area contributed by atoms with Crippen molar-refractivity contribution in [3.8, 4) is 0 Å². The van der Waals surface area contributed by atoms with Crippen molar-refractivity contribution >= 4 is 33.7 Å². The summed E-state index contributed by atoms with van der Waals surface area (Å²) in [5.74, 6) is -0.283. The van der Waals surface area contributed by atoms with Crippen LogP contribution in [0, 0.1) is 5.92 Å². The first-order chi connectivity index (χ1) is 12.7. The molecule has 1 aliphatic rings. The molecular formula is C18H26N2O5S2. The highest BCUT2D eigenvalue weighted by Crippen LogP contribution is 2.27. The molecule has 0 spiro atoms. The lowest BCUT2D eigenvalue weighted by atomic mass is 9.98. The summed E-state index contributed by atoms with van der Waals surface area (Å²) in [5, 5.41) is 2.53. The number of hydrogen-bond donors (Lipinski definition) is 1. The summed E-state index contributed by atoms with van der Waals surface area (Å²) in [7, 11) is -1.80. The Morgan fingerprint density at radius 2 is 1.93 bits per heavy atom. The number of ether oxygens (including phenoxy) is 1. The molecule has 1 atom stereocenters. The maximum Gasteiger partial charge on any atom is 0.318 e. The highest BCUT2D eigenvalue weighted by molar-refractivity contribution is 8.00. The number of carbonyl (C=O) groups excluding carboxylic acids is 2. The molecule has 7 nitrogen and oxygen atoms in total. The van der Waals surface area contributed by atoms with Gasteiger partial charge in [-0.25, -0.2) is 12.7 Å². The van der Waals surface area contributed by atoms with E-state index in [1.165, 1.54) is 29.4 Å². The third-order valence-corrected chi connectivity index (χ3v) is 7.02. The molecule has 1 aromatic carbocycles. The van der Waals surface area contributed by atoms with Gasteiger partial charge in [0, 0.05) is 24.5 Å². The number of amides is 1. The number of sulfonamides is 1. The minimum atomic E-state index is -3.14. The molecule has 0 saturated carbocycles. The molecule has 1 amide bonds. The Bertz CT molecular complexity index is 774. The number of carbonyl (C=O) groups is 2. The van der Waals surface area contributed by atoms with Crippen LogP contribution in [-0.4, -0.2) is 62.8 Å². The average Bonchev–Trinajstić information content (AvgIpc) is 2.65. The van der Waals surface area contributed by atoms with E-state index in [0.29, 0.717) is 25.2 Å². The summed E-state index contributed by atoms with van der Waals surface area (Å²) in [6.45, 7) is 3.22. The second-order valence-corrected chi connectivity index (χ2v) is 9.96. The summed E-state index contributed by atoms with van der Waals surface area (Å²) in [6.07, 6.45) is 2.67. The first-order valence-electron chi connectivity index (χ1n) is 8.79. The molecule has 150 valence electrons. The van der Waals surface area contributed by atoms with Gasteiger partial charge in [0.1, 0.15) is 5.25 Å². The van der Waals surface area contributed by atoms with Crippen LogP contribution in [0.25, 0.3) is 0 Å². The van der Waals surface area contributed by atoms with Crippen LogP contribution in [0.3, 0.4) is 0 Å². The van der Waals surface area contributed by atoms with Gasteiger partial charge in [-0.15, -0.1) is 11.8 Å². The van der Waals surface area contributed by atoms with Crippen molar-refractivity contribution in [1.29, 1.82) is 0 Å². The van der Waals surface area contributed by atoms with Crippen LogP contribution in [-0.2, 0) is 19.6 Å². The van der Waals surface area contributed by atoms with E-state index in [2.05, 4.69) is 5.32 Å². The fraction of sp³-hybridized carbons (Fsp3) is 0.556. The molecule has 1 aromatic rings. The molecule has 1 unspecified atom stereocenters. The number of methoxy groups -OCH3 is 1. The molecule has 2 rings (SSSR count). The molecule has 0 aliphatic carbocycles. The summed E-state index contributed by atoms with van der Waals surface area (Å²) in [5.41, 5.74) is 0.520. The number of nitrogens with one attached hydrogen (secondary N) is 1. The number of thioether (sulfide) groups is 1. The summed E-state index contributed by atoms with van der Waals surface area (Å²) < 4.78 is 29.3. The summed E-state index contributed by atoms with van der Waals surface area (Å²) in [6, 6.07) is 7.15. The molecule has 0 bridgehead atoms. The number of nitrogens with zero attached hydrogens (tertiary/aromatic N) is 1. The molecule has 1 heterocycles. The van der Waals surface area contributed by atoms with Crippen LogP contribution in [0.4, 0.5) is 0 Å². The van der Waals surface area contributed by atoms with Gasteiger partial charge in [-0.1, -0.05) is 12.1 Å². The maximum atomic E-state index is 12.6. The van der Waals surface area contributed by atoms with Gasteiger partial charge in [0.15, 0.2) is 0 Å². The third-order valence-electron chi connectivity index (χ3n) is 4.56. The summed E-state index contributed by atoms with van der Waals surface area (Å²) in [4.78, 5) is 25.0. The zero-order valence-corrected chi connectivity index (χ0v) is 17.4. The second kappa shape index (κ2) is 9.57. The van der Waals surface area contributed by atoms with Crippen molar-refractivity contribution < 1.29 is 22.7 Å². The number of benzene rings is 1. The topological polar surface area (TPSA) is 92.8 Å². The van der Waals surface area contributed by atoms with E-state index >= 15 is 0 Å². The Labute approximate surface area is 164 Å². The fourth-order valence-electron chi connectivity index (χ4n) is 2.94. The lowest BCUT2D eigenvalue weighted by molar-refractivity contribution is -0.139. The number of esters is 1. The van der Waals surface area contributed by atoms with Gasteiger partial charge < -0.3 is 10.1 Å². The van der Waals surface area contributed by atoms with Gasteiger partial charge in [0.25, 0.3) is 5.91 Å². The lowest BCUT2D eigenvalue weighted by Gasteiger charge is -2.30. The van der Waals surface area contributed by atoms with E-state index in [1.54, 1.807) is 19.1 Å². The van der Waals surface area contributed by atoms with E-state index in [1.807, 2.05) is 12.1 Å². The van der Waals surface area contributed by atoms with Gasteiger partial charge in [-0.2, -0.15) is 0 Å². The predicted octanol–water partition coefficient (Wildman–Crippen LogP) is 1.74. The highest BCUT2D eigenvalue weighted by Gasteiger charge is 2.25. The van der Waals surface area contributed by atoms with E-state index in [0.717, 1.165) is 17.7 Å². The first kappa shape index (κ1) is 21.7. The lowest BCUT2D eigenvalue weighted by Crippen LogP contribution is -2.41. The zero-order valence-electron chi connectivity index (χ0n) is 15.8. The van der Waals surface area contributed by atoms with Crippen molar-refractivity contribution in [2.75, 3.05) is 33.0 Å². The van der Waals surface area contributed by atoms with E-state index in [4.69, 9.17) is 4.74 Å². The first-order valence-corrected chi connectivity index (χ1v) is 11.5. The molecular weight excluding hydrogens is 388 g/mol. The summed E-state index contributed by atoms with van der Waals surface area (Å²) >= 11 is 1.29. The van der Waals surface area contributed by atoms with E-state index in [-0.39, 0.29) is 17.8 Å². The monoisotopic (exact) mass is 414 g/mol. The molecule has 1 fully saturated rings. The van der Waals surface area contributed by atoms with Crippen LogP contribution >= 0.6 is 11.8 Å². The Kier molecular flexibility index (Phi) is 7.69. The minimum Gasteiger partial charge on any atom is -0.468 e. The van der Waals surface area contributed by atoms with Gasteiger partial charge >= 0.3 is 5.97 Å². The van der Waals surface area contributed by atoms with Gasteiger partial charge in [-0.05, 0) is 37.8 Å². The molecule has 27 heavy (non-hydrogen) atoms. The predicted molar refractivity (Wildman–Crippen MR) is 105 cm³/mol. The molecule has 1 N–H and O–H groups in total. The van der Waals surface area contributed by atoms with Crippen LogP contribution in [0.1, 0.15) is 30.1 Å². The largest absolute Gasteiger partial charge is 0.468 e. The molecule has 0 aromatic heterocycles. The Morgan fingerprint density at radius 3 is 2.52 bits per heavy atom. The fourth-order valence-corrected chi connectivity index (χ4v) is 4.83. The van der Waals surface area contributed by atoms with Crippen LogP contribution in [0.5, 0.6) is 0 Å². The van der Waals surface area contributed by atoms with Crippen molar-refractivity contribution in [2.24, 2.45) is 5.92 Å². The van der Waals surface area contributed by atoms with Crippen LogP contribution < -0.4 is 5.32 Å². The standard InChI is InChI=1S/C18H26N2O5S2/c1-13(18(22)25-2)26-16-7-5-4-6-15(16)17(21)19-12-14-8-10-20(11-9-14)27(3,23)24/h4-7,13-14H,8-12H2,1-3H3,(H,19,21).